The van der Waals surface area contributed by atoms with Crippen LogP contribution in [0.1, 0.15) is 32.7 Å². The third kappa shape index (κ3) is 4.91. The molecule has 0 saturated carbocycles. The van der Waals surface area contributed by atoms with Gasteiger partial charge < -0.3 is 25.0 Å². The molecule has 1 atom stereocenters. The van der Waals surface area contributed by atoms with Crippen LogP contribution in [-0.4, -0.2) is 32.2 Å². The number of rotatable bonds is 7. The highest BCUT2D eigenvalue weighted by Gasteiger charge is 2.18. The molecule has 3 aromatic heterocycles. The first kappa shape index (κ1) is 18.6. The average Bonchev–Trinajstić information content (AvgIpc) is 3.25. The van der Waals surface area contributed by atoms with Crippen LogP contribution in [0.2, 0.25) is 0 Å². The van der Waals surface area contributed by atoms with E-state index in [0.29, 0.717) is 27.5 Å². The summed E-state index contributed by atoms with van der Waals surface area (Å²) in [5.41, 5.74) is 5.08. The lowest BCUT2D eigenvalue weighted by Crippen LogP contribution is -2.31. The Labute approximate surface area is 158 Å². The summed E-state index contributed by atoms with van der Waals surface area (Å²) in [6, 6.07) is 2.30. The van der Waals surface area contributed by atoms with Gasteiger partial charge in [0.05, 0.1) is 23.4 Å². The minimum Gasteiger partial charge on any atom is -0.475 e. The lowest BCUT2D eigenvalue weighted by Gasteiger charge is -2.08. The summed E-state index contributed by atoms with van der Waals surface area (Å²) < 4.78 is 16.3. The van der Waals surface area contributed by atoms with E-state index in [9.17, 15) is 4.79 Å². The number of nitrogens with zero attached hydrogens (tertiary/aromatic N) is 4. The second kappa shape index (κ2) is 7.99. The Morgan fingerprint density at radius 1 is 1.26 bits per heavy atom. The Bertz CT molecular complexity index is 908. The maximum Gasteiger partial charge on any atom is 0.312 e. The summed E-state index contributed by atoms with van der Waals surface area (Å²) >= 11 is 1.25. The standard InChI is InChI=1S/C16H18N6O4S/c1-8(2)24-12-5-4-10(6-18-12)25-16-19-7-11(27-16)13-21-14(26-22-13)9(3)20-15(17)23/h4-9H,1-3H3,(H3,17,20,23). The summed E-state index contributed by atoms with van der Waals surface area (Å²) in [6.07, 6.45) is 3.18. The van der Waals surface area contributed by atoms with Crippen molar-refractivity contribution < 1.29 is 18.8 Å². The van der Waals surface area contributed by atoms with Crippen LogP contribution in [-0.2, 0) is 0 Å². The van der Waals surface area contributed by atoms with Crippen molar-refractivity contribution in [2.45, 2.75) is 32.9 Å². The number of ether oxygens (including phenoxy) is 2. The number of aromatic nitrogens is 4. The Morgan fingerprint density at radius 3 is 2.74 bits per heavy atom. The molecule has 3 aromatic rings. The zero-order valence-electron chi connectivity index (χ0n) is 14.9. The molecule has 0 spiro atoms. The van der Waals surface area contributed by atoms with E-state index in [0.717, 1.165) is 0 Å². The van der Waals surface area contributed by atoms with Crippen LogP contribution in [0.15, 0.2) is 29.0 Å². The SMILES string of the molecule is CC(C)Oc1ccc(Oc2ncc(-c3noc(C(C)NC(N)=O)n3)s2)cn1. The van der Waals surface area contributed by atoms with Gasteiger partial charge in [-0.2, -0.15) is 4.98 Å². The molecule has 0 aliphatic heterocycles. The van der Waals surface area contributed by atoms with E-state index < -0.39 is 12.1 Å². The highest BCUT2D eigenvalue weighted by molar-refractivity contribution is 7.16. The Balaban J connectivity index is 1.66. The summed E-state index contributed by atoms with van der Waals surface area (Å²) in [7, 11) is 0. The van der Waals surface area contributed by atoms with Gasteiger partial charge in [0.25, 0.3) is 5.19 Å². The number of amides is 2. The molecule has 0 saturated heterocycles. The van der Waals surface area contributed by atoms with E-state index in [-0.39, 0.29) is 12.0 Å². The van der Waals surface area contributed by atoms with Gasteiger partial charge in [0.2, 0.25) is 17.6 Å². The molecule has 0 aliphatic rings. The normalized spacial score (nSPS) is 12.0. The van der Waals surface area contributed by atoms with Gasteiger partial charge >= 0.3 is 6.03 Å². The van der Waals surface area contributed by atoms with Crippen molar-refractivity contribution in [1.29, 1.82) is 0 Å². The number of carbonyl (C=O) groups excluding carboxylic acids is 1. The van der Waals surface area contributed by atoms with Gasteiger partial charge in [0, 0.05) is 6.07 Å². The lowest BCUT2D eigenvalue weighted by atomic mass is 10.3. The highest BCUT2D eigenvalue weighted by Crippen LogP contribution is 2.32. The Kier molecular flexibility index (Phi) is 5.50. The number of urea groups is 1. The van der Waals surface area contributed by atoms with Crippen molar-refractivity contribution in [1.82, 2.24) is 25.4 Å². The largest absolute Gasteiger partial charge is 0.475 e. The first-order valence-corrected chi connectivity index (χ1v) is 8.88. The third-order valence-electron chi connectivity index (χ3n) is 3.15. The number of carbonyl (C=O) groups is 1. The Hall–Kier alpha value is -3.21. The van der Waals surface area contributed by atoms with Gasteiger partial charge in [-0.05, 0) is 26.8 Å². The summed E-state index contributed by atoms with van der Waals surface area (Å²) in [5.74, 6) is 1.63. The number of hydrogen-bond donors (Lipinski definition) is 2. The van der Waals surface area contributed by atoms with Crippen LogP contribution in [0.3, 0.4) is 0 Å². The van der Waals surface area contributed by atoms with E-state index in [2.05, 4.69) is 25.4 Å². The maximum absolute atomic E-state index is 10.9. The molecule has 2 amide bonds. The molecule has 0 bridgehead atoms. The topological polar surface area (TPSA) is 138 Å². The monoisotopic (exact) mass is 390 g/mol. The third-order valence-corrected chi connectivity index (χ3v) is 4.02. The first-order chi connectivity index (χ1) is 12.9. The molecule has 27 heavy (non-hydrogen) atoms. The van der Waals surface area contributed by atoms with E-state index in [1.165, 1.54) is 11.3 Å². The lowest BCUT2D eigenvalue weighted by molar-refractivity contribution is 0.232. The smallest absolute Gasteiger partial charge is 0.312 e. The fraction of sp³-hybridized carbons (Fsp3) is 0.312. The van der Waals surface area contributed by atoms with Crippen molar-refractivity contribution in [3.8, 4) is 27.5 Å². The van der Waals surface area contributed by atoms with Crippen molar-refractivity contribution in [2.75, 3.05) is 0 Å². The predicted octanol–water partition coefficient (Wildman–Crippen LogP) is 2.90. The van der Waals surface area contributed by atoms with Crippen molar-refractivity contribution in [3.05, 3.63) is 30.4 Å². The fourth-order valence-electron chi connectivity index (χ4n) is 2.03. The molecule has 142 valence electrons. The molecule has 11 heteroatoms. The van der Waals surface area contributed by atoms with Gasteiger partial charge in [-0.3, -0.25) is 0 Å². The average molecular weight is 390 g/mol. The number of nitrogens with two attached hydrogens (primary N) is 1. The minimum atomic E-state index is -0.672. The first-order valence-electron chi connectivity index (χ1n) is 8.07. The number of hydrogen-bond acceptors (Lipinski definition) is 9. The van der Waals surface area contributed by atoms with Crippen molar-refractivity contribution in [2.24, 2.45) is 5.73 Å². The van der Waals surface area contributed by atoms with Gasteiger partial charge in [0.1, 0.15) is 11.8 Å². The molecule has 3 N–H and O–H groups in total. The van der Waals surface area contributed by atoms with Gasteiger partial charge in [0.15, 0.2) is 0 Å². The zero-order chi connectivity index (χ0) is 19.4. The van der Waals surface area contributed by atoms with Gasteiger partial charge in [-0.25, -0.2) is 14.8 Å². The molecule has 0 aliphatic carbocycles. The maximum atomic E-state index is 10.9. The second-order valence-electron chi connectivity index (χ2n) is 5.78. The van der Waals surface area contributed by atoms with Crippen LogP contribution in [0.25, 0.3) is 10.7 Å². The van der Waals surface area contributed by atoms with Crippen LogP contribution in [0.5, 0.6) is 16.8 Å². The number of primary amides is 1. The van der Waals surface area contributed by atoms with Crippen LogP contribution < -0.4 is 20.5 Å². The summed E-state index contributed by atoms with van der Waals surface area (Å²) in [4.78, 5) is 24.1. The van der Waals surface area contributed by atoms with Crippen LogP contribution in [0.4, 0.5) is 4.79 Å². The van der Waals surface area contributed by atoms with Gasteiger partial charge in [-0.15, -0.1) is 0 Å². The molecule has 3 heterocycles. The second-order valence-corrected chi connectivity index (χ2v) is 6.77. The molecule has 10 nitrogen and oxygen atoms in total. The predicted molar refractivity (Wildman–Crippen MR) is 96.6 cm³/mol. The molecule has 0 aromatic carbocycles. The van der Waals surface area contributed by atoms with Crippen LogP contribution in [0, 0.1) is 0 Å². The van der Waals surface area contributed by atoms with E-state index >= 15 is 0 Å². The molecule has 0 radical (unpaired) electrons. The van der Waals surface area contributed by atoms with E-state index in [4.69, 9.17) is 19.7 Å². The fourth-order valence-corrected chi connectivity index (χ4v) is 2.75. The summed E-state index contributed by atoms with van der Waals surface area (Å²) in [6.45, 7) is 5.54. The zero-order valence-corrected chi connectivity index (χ0v) is 15.7. The van der Waals surface area contributed by atoms with Crippen molar-refractivity contribution >= 4 is 17.4 Å². The summed E-state index contributed by atoms with van der Waals surface area (Å²) in [5, 5.41) is 6.75. The quantitative estimate of drug-likeness (QED) is 0.628. The molecule has 1 unspecified atom stereocenters. The molecule has 3 rings (SSSR count). The van der Waals surface area contributed by atoms with E-state index in [1.807, 2.05) is 13.8 Å². The van der Waals surface area contributed by atoms with Crippen molar-refractivity contribution in [3.63, 3.8) is 0 Å². The van der Waals surface area contributed by atoms with E-state index in [1.54, 1.807) is 31.5 Å². The molecular formula is C16H18N6O4S. The molecule has 0 fully saturated rings. The Morgan fingerprint density at radius 2 is 2.07 bits per heavy atom. The van der Waals surface area contributed by atoms with Crippen LogP contribution >= 0.6 is 11.3 Å². The minimum absolute atomic E-state index is 0.0477. The number of nitrogens with one attached hydrogen (secondary N) is 1. The highest BCUT2D eigenvalue weighted by atomic mass is 32.1. The van der Waals surface area contributed by atoms with Gasteiger partial charge in [-0.1, -0.05) is 16.5 Å². The number of pyridine rings is 1. The molecular weight excluding hydrogens is 372 g/mol. The number of thiazole rings is 1.